The van der Waals surface area contributed by atoms with Crippen molar-refractivity contribution < 1.29 is 8.42 Å². The Labute approximate surface area is 102 Å². The minimum atomic E-state index is -3.40. The Hall–Kier alpha value is -0.880. The SMILES string of the molecule is CCc1ncc(S(=O)(=O)NCCC2CCC2)[nH]1. The molecular weight excluding hydrogens is 238 g/mol. The first-order valence-corrected chi connectivity index (χ1v) is 7.63. The summed E-state index contributed by atoms with van der Waals surface area (Å²) in [5, 5.41) is 0.169. The van der Waals surface area contributed by atoms with Gasteiger partial charge in [0.25, 0.3) is 10.0 Å². The molecule has 2 rings (SSSR count). The van der Waals surface area contributed by atoms with Crippen LogP contribution in [-0.2, 0) is 16.4 Å². The second kappa shape index (κ2) is 5.18. The highest BCUT2D eigenvalue weighted by Gasteiger charge is 2.20. The predicted octanol–water partition coefficient (Wildman–Crippen LogP) is 1.44. The highest BCUT2D eigenvalue weighted by Crippen LogP contribution is 2.28. The van der Waals surface area contributed by atoms with Gasteiger partial charge in [-0.2, -0.15) is 0 Å². The molecular formula is C11H19N3O2S. The average molecular weight is 257 g/mol. The smallest absolute Gasteiger partial charge is 0.257 e. The van der Waals surface area contributed by atoms with E-state index >= 15 is 0 Å². The van der Waals surface area contributed by atoms with Gasteiger partial charge >= 0.3 is 0 Å². The van der Waals surface area contributed by atoms with Gasteiger partial charge in [0.1, 0.15) is 5.82 Å². The Morgan fingerprint density at radius 2 is 2.29 bits per heavy atom. The van der Waals surface area contributed by atoms with Crippen molar-refractivity contribution in [1.82, 2.24) is 14.7 Å². The fourth-order valence-corrected chi connectivity index (χ4v) is 2.90. The van der Waals surface area contributed by atoms with Crippen LogP contribution in [0, 0.1) is 5.92 Å². The first-order valence-electron chi connectivity index (χ1n) is 6.15. The summed E-state index contributed by atoms with van der Waals surface area (Å²) in [5.41, 5.74) is 0. The normalized spacial score (nSPS) is 17.0. The molecule has 1 fully saturated rings. The van der Waals surface area contributed by atoms with Gasteiger partial charge < -0.3 is 4.98 Å². The Bertz CT molecular complexity index is 463. The fraction of sp³-hybridized carbons (Fsp3) is 0.727. The Morgan fingerprint density at radius 1 is 1.53 bits per heavy atom. The van der Waals surface area contributed by atoms with Gasteiger partial charge in [-0.1, -0.05) is 26.2 Å². The topological polar surface area (TPSA) is 74.8 Å². The summed E-state index contributed by atoms with van der Waals surface area (Å²) in [6.45, 7) is 2.45. The molecule has 0 saturated heterocycles. The van der Waals surface area contributed by atoms with Crippen molar-refractivity contribution in [2.45, 2.75) is 44.1 Å². The molecule has 0 aromatic carbocycles. The molecule has 5 nitrogen and oxygen atoms in total. The first-order chi connectivity index (χ1) is 8.12. The van der Waals surface area contributed by atoms with Crippen molar-refractivity contribution in [3.63, 3.8) is 0 Å². The van der Waals surface area contributed by atoms with Crippen LogP contribution < -0.4 is 4.72 Å². The van der Waals surface area contributed by atoms with E-state index in [2.05, 4.69) is 14.7 Å². The lowest BCUT2D eigenvalue weighted by Gasteiger charge is -2.24. The molecule has 6 heteroatoms. The molecule has 1 aliphatic carbocycles. The third-order valence-corrected chi connectivity index (χ3v) is 4.67. The Kier molecular flexibility index (Phi) is 3.83. The number of imidazole rings is 1. The van der Waals surface area contributed by atoms with Gasteiger partial charge in [-0.15, -0.1) is 0 Å². The van der Waals surface area contributed by atoms with Crippen LogP contribution in [0.4, 0.5) is 0 Å². The van der Waals surface area contributed by atoms with Gasteiger partial charge in [0, 0.05) is 13.0 Å². The van der Waals surface area contributed by atoms with E-state index in [1.807, 2.05) is 6.92 Å². The van der Waals surface area contributed by atoms with E-state index in [1.54, 1.807) is 0 Å². The second-order valence-corrected chi connectivity index (χ2v) is 6.27. The van der Waals surface area contributed by atoms with E-state index in [-0.39, 0.29) is 5.03 Å². The molecule has 1 aliphatic rings. The molecule has 0 aliphatic heterocycles. The van der Waals surface area contributed by atoms with Gasteiger partial charge in [0.2, 0.25) is 0 Å². The molecule has 2 N–H and O–H groups in total. The first kappa shape index (κ1) is 12.6. The van der Waals surface area contributed by atoms with E-state index in [0.29, 0.717) is 24.7 Å². The van der Waals surface area contributed by atoms with Crippen LogP contribution in [0.15, 0.2) is 11.2 Å². The van der Waals surface area contributed by atoms with E-state index in [1.165, 1.54) is 25.5 Å². The highest BCUT2D eigenvalue weighted by atomic mass is 32.2. The number of sulfonamides is 1. The van der Waals surface area contributed by atoms with Gasteiger partial charge in [0.05, 0.1) is 6.20 Å². The van der Waals surface area contributed by atoms with Crippen LogP contribution in [0.25, 0.3) is 0 Å². The molecule has 96 valence electrons. The summed E-state index contributed by atoms with van der Waals surface area (Å²) < 4.78 is 26.3. The Morgan fingerprint density at radius 3 is 2.82 bits per heavy atom. The molecule has 1 aromatic heterocycles. The minimum absolute atomic E-state index is 0.169. The monoisotopic (exact) mass is 257 g/mol. The van der Waals surface area contributed by atoms with Gasteiger partial charge in [-0.05, 0) is 12.3 Å². The maximum Gasteiger partial charge on any atom is 0.257 e. The summed E-state index contributed by atoms with van der Waals surface area (Å²) in [7, 11) is -3.40. The number of aryl methyl sites for hydroxylation is 1. The molecule has 1 saturated carbocycles. The summed E-state index contributed by atoms with van der Waals surface area (Å²) in [6.07, 6.45) is 6.80. The second-order valence-electron chi connectivity index (χ2n) is 4.53. The average Bonchev–Trinajstić information content (AvgIpc) is 2.71. The lowest BCUT2D eigenvalue weighted by atomic mass is 9.83. The van der Waals surface area contributed by atoms with E-state index < -0.39 is 10.0 Å². The van der Waals surface area contributed by atoms with Crippen LogP contribution in [-0.4, -0.2) is 24.9 Å². The predicted molar refractivity (Wildman–Crippen MR) is 65.1 cm³/mol. The molecule has 0 atom stereocenters. The van der Waals surface area contributed by atoms with Crippen LogP contribution in [0.3, 0.4) is 0 Å². The van der Waals surface area contributed by atoms with Gasteiger partial charge in [-0.25, -0.2) is 18.1 Å². The zero-order valence-corrected chi connectivity index (χ0v) is 10.9. The number of hydrogen-bond acceptors (Lipinski definition) is 3. The zero-order chi connectivity index (χ0) is 12.3. The molecule has 1 aromatic rings. The number of aromatic amines is 1. The zero-order valence-electron chi connectivity index (χ0n) is 10.1. The molecule has 17 heavy (non-hydrogen) atoms. The number of hydrogen-bond donors (Lipinski definition) is 2. The van der Waals surface area contributed by atoms with Gasteiger partial charge in [0.15, 0.2) is 5.03 Å². The summed E-state index contributed by atoms with van der Waals surface area (Å²) >= 11 is 0. The van der Waals surface area contributed by atoms with Crippen molar-refractivity contribution in [2.24, 2.45) is 5.92 Å². The maximum absolute atomic E-state index is 11.9. The third kappa shape index (κ3) is 3.07. The van der Waals surface area contributed by atoms with E-state index in [4.69, 9.17) is 0 Å². The lowest BCUT2D eigenvalue weighted by Crippen LogP contribution is -2.27. The summed E-state index contributed by atoms with van der Waals surface area (Å²) in [4.78, 5) is 6.80. The number of aromatic nitrogens is 2. The maximum atomic E-state index is 11.9. The summed E-state index contributed by atoms with van der Waals surface area (Å²) in [6, 6.07) is 0. The molecule has 0 bridgehead atoms. The van der Waals surface area contributed by atoms with Crippen molar-refractivity contribution in [1.29, 1.82) is 0 Å². The number of rotatable bonds is 6. The van der Waals surface area contributed by atoms with Crippen LogP contribution in [0.2, 0.25) is 0 Å². The van der Waals surface area contributed by atoms with E-state index in [9.17, 15) is 8.42 Å². The molecule has 1 heterocycles. The van der Waals surface area contributed by atoms with Crippen LogP contribution in [0.5, 0.6) is 0 Å². The summed E-state index contributed by atoms with van der Waals surface area (Å²) in [5.74, 6) is 1.41. The van der Waals surface area contributed by atoms with Gasteiger partial charge in [-0.3, -0.25) is 0 Å². The fourth-order valence-electron chi connectivity index (χ4n) is 1.92. The number of nitrogens with zero attached hydrogens (tertiary/aromatic N) is 1. The molecule has 0 amide bonds. The van der Waals surface area contributed by atoms with Crippen molar-refractivity contribution in [3.05, 3.63) is 12.0 Å². The molecule has 0 spiro atoms. The van der Waals surface area contributed by atoms with Crippen molar-refractivity contribution in [3.8, 4) is 0 Å². The van der Waals surface area contributed by atoms with Crippen molar-refractivity contribution >= 4 is 10.0 Å². The quantitative estimate of drug-likeness (QED) is 0.809. The Balaban J connectivity index is 1.88. The van der Waals surface area contributed by atoms with Crippen LogP contribution in [0.1, 0.15) is 38.4 Å². The number of H-pyrrole nitrogens is 1. The van der Waals surface area contributed by atoms with Crippen molar-refractivity contribution in [2.75, 3.05) is 6.54 Å². The largest absolute Gasteiger partial charge is 0.332 e. The van der Waals surface area contributed by atoms with E-state index in [0.717, 1.165) is 6.42 Å². The molecule has 0 radical (unpaired) electrons. The highest BCUT2D eigenvalue weighted by molar-refractivity contribution is 7.89. The molecule has 0 unspecified atom stereocenters. The standard InChI is InChI=1S/C11H19N3O2S/c1-2-10-12-8-11(14-10)17(15,16)13-7-6-9-4-3-5-9/h8-9,13H,2-7H2,1H3,(H,12,14). The van der Waals surface area contributed by atoms with Crippen LogP contribution >= 0.6 is 0 Å². The number of nitrogens with one attached hydrogen (secondary N) is 2. The third-order valence-electron chi connectivity index (χ3n) is 3.30. The minimum Gasteiger partial charge on any atom is -0.332 e. The lowest BCUT2D eigenvalue weighted by molar-refractivity contribution is 0.297.